The number of hydrogen-bond acceptors (Lipinski definition) is 1. The van der Waals surface area contributed by atoms with Gasteiger partial charge in [0.15, 0.2) is 0 Å². The maximum absolute atomic E-state index is 6.12. The van der Waals surface area contributed by atoms with E-state index in [0.29, 0.717) is 0 Å². The SMILES string of the molecule is CCC[CH2][Sn]([CH2]N)([CH2]CCC)[CH2]CCC. The predicted octanol–water partition coefficient (Wildman–Crippen LogP) is 4.33. The van der Waals surface area contributed by atoms with Crippen LogP contribution in [0.5, 0.6) is 0 Å². The first-order valence-corrected chi connectivity index (χ1v) is 15.0. The molecular formula is C13H31NSn. The van der Waals surface area contributed by atoms with E-state index in [2.05, 4.69) is 20.8 Å². The summed E-state index contributed by atoms with van der Waals surface area (Å²) in [6.07, 6.45) is 8.41. The molecule has 0 bridgehead atoms. The van der Waals surface area contributed by atoms with Crippen LogP contribution in [0.3, 0.4) is 0 Å². The van der Waals surface area contributed by atoms with E-state index in [4.69, 9.17) is 5.73 Å². The minimum absolute atomic E-state index is 1.11. The number of rotatable bonds is 10. The molecule has 0 aliphatic carbocycles. The summed E-state index contributed by atoms with van der Waals surface area (Å²) in [5, 5.41) is 0. The first kappa shape index (κ1) is 15.8. The van der Waals surface area contributed by atoms with E-state index < -0.39 is 18.4 Å². The van der Waals surface area contributed by atoms with Crippen molar-refractivity contribution in [3.63, 3.8) is 0 Å². The molecule has 0 radical (unpaired) electrons. The van der Waals surface area contributed by atoms with Crippen molar-refractivity contribution in [2.75, 3.05) is 4.56 Å². The molecule has 1 nitrogen and oxygen atoms in total. The summed E-state index contributed by atoms with van der Waals surface area (Å²) in [5.41, 5.74) is 6.12. The van der Waals surface area contributed by atoms with Gasteiger partial charge in [-0.2, -0.15) is 0 Å². The molecule has 0 heterocycles. The third kappa shape index (κ3) is 6.83. The Morgan fingerprint density at radius 2 is 1.07 bits per heavy atom. The number of unbranched alkanes of at least 4 members (excludes halogenated alkanes) is 3. The molecule has 0 aromatic rings. The summed E-state index contributed by atoms with van der Waals surface area (Å²) in [4.78, 5) is 0. The van der Waals surface area contributed by atoms with Crippen molar-refractivity contribution in [3.8, 4) is 0 Å². The fraction of sp³-hybridized carbons (Fsp3) is 1.00. The number of hydrogen-bond donors (Lipinski definition) is 1. The van der Waals surface area contributed by atoms with Gasteiger partial charge in [0, 0.05) is 0 Å². The zero-order valence-corrected chi connectivity index (χ0v) is 14.0. The summed E-state index contributed by atoms with van der Waals surface area (Å²) in [6.45, 7) is 6.94. The third-order valence-corrected chi connectivity index (χ3v) is 18.2. The van der Waals surface area contributed by atoms with Crippen molar-refractivity contribution in [2.24, 2.45) is 5.73 Å². The van der Waals surface area contributed by atoms with E-state index in [-0.39, 0.29) is 0 Å². The molecular weight excluding hydrogens is 289 g/mol. The molecule has 0 aliphatic rings. The van der Waals surface area contributed by atoms with Crippen LogP contribution in [0.2, 0.25) is 13.3 Å². The Hall–Kier alpha value is 0.759. The Labute approximate surface area is 101 Å². The van der Waals surface area contributed by atoms with Crippen LogP contribution in [-0.2, 0) is 0 Å². The Balaban J connectivity index is 4.16. The molecule has 0 spiro atoms. The second-order valence-corrected chi connectivity index (χ2v) is 19.0. The van der Waals surface area contributed by atoms with Crippen molar-refractivity contribution >= 4 is 18.4 Å². The third-order valence-electron chi connectivity index (χ3n) is 3.61. The van der Waals surface area contributed by atoms with Crippen molar-refractivity contribution in [3.05, 3.63) is 0 Å². The summed E-state index contributed by atoms with van der Waals surface area (Å²) >= 11 is -1.84. The van der Waals surface area contributed by atoms with Crippen LogP contribution >= 0.6 is 0 Å². The van der Waals surface area contributed by atoms with Crippen LogP contribution < -0.4 is 5.73 Å². The number of nitrogens with two attached hydrogens (primary N) is 1. The fourth-order valence-electron chi connectivity index (χ4n) is 2.34. The summed E-state index contributed by atoms with van der Waals surface area (Å²) in [6, 6.07) is 0. The van der Waals surface area contributed by atoms with Crippen LogP contribution in [0, 0.1) is 0 Å². The van der Waals surface area contributed by atoms with Gasteiger partial charge in [0.2, 0.25) is 0 Å². The van der Waals surface area contributed by atoms with E-state index in [1.807, 2.05) is 0 Å². The zero-order chi connectivity index (χ0) is 11.6. The Kier molecular flexibility index (Phi) is 10.5. The van der Waals surface area contributed by atoms with Gasteiger partial charge in [0.05, 0.1) is 0 Å². The van der Waals surface area contributed by atoms with Gasteiger partial charge >= 0.3 is 101 Å². The molecule has 0 fully saturated rings. The van der Waals surface area contributed by atoms with E-state index in [1.165, 1.54) is 38.5 Å². The van der Waals surface area contributed by atoms with Crippen LogP contribution in [0.15, 0.2) is 0 Å². The Morgan fingerprint density at radius 1 is 0.733 bits per heavy atom. The molecule has 0 rings (SSSR count). The van der Waals surface area contributed by atoms with Crippen molar-refractivity contribution in [2.45, 2.75) is 72.6 Å². The first-order valence-electron chi connectivity index (χ1n) is 6.94. The van der Waals surface area contributed by atoms with Crippen molar-refractivity contribution in [1.82, 2.24) is 0 Å². The Bertz CT molecular complexity index is 115. The van der Waals surface area contributed by atoms with Crippen molar-refractivity contribution < 1.29 is 0 Å². The molecule has 0 amide bonds. The summed E-state index contributed by atoms with van der Waals surface area (Å²) < 4.78 is 5.78. The van der Waals surface area contributed by atoms with E-state index >= 15 is 0 Å². The van der Waals surface area contributed by atoms with E-state index in [0.717, 1.165) is 4.56 Å². The second-order valence-electron chi connectivity index (χ2n) is 5.01. The van der Waals surface area contributed by atoms with Gasteiger partial charge in [-0.05, 0) is 0 Å². The molecule has 0 aromatic carbocycles. The van der Waals surface area contributed by atoms with E-state index in [9.17, 15) is 0 Å². The maximum atomic E-state index is 6.12. The van der Waals surface area contributed by atoms with Crippen molar-refractivity contribution in [1.29, 1.82) is 0 Å². The molecule has 92 valence electrons. The first-order chi connectivity index (χ1) is 7.24. The molecule has 0 atom stereocenters. The average Bonchev–Trinajstić information content (AvgIpc) is 2.29. The summed E-state index contributed by atoms with van der Waals surface area (Å²) in [7, 11) is 0. The molecule has 0 aliphatic heterocycles. The average molecular weight is 320 g/mol. The van der Waals surface area contributed by atoms with Gasteiger partial charge < -0.3 is 0 Å². The molecule has 2 heteroatoms. The summed E-state index contributed by atoms with van der Waals surface area (Å²) in [5.74, 6) is 0. The second kappa shape index (κ2) is 9.95. The standard InChI is InChI=1S/3C4H9.CH4N.Sn/c3*1-3-4-2;1-2;/h3*1,3-4H2,2H3;1-2H2;. The zero-order valence-electron chi connectivity index (χ0n) is 11.1. The van der Waals surface area contributed by atoms with Gasteiger partial charge in [-0.25, -0.2) is 0 Å². The monoisotopic (exact) mass is 321 g/mol. The quantitative estimate of drug-likeness (QED) is 0.596. The molecule has 15 heavy (non-hydrogen) atoms. The van der Waals surface area contributed by atoms with E-state index in [1.54, 1.807) is 13.3 Å². The van der Waals surface area contributed by atoms with Gasteiger partial charge in [-0.3, -0.25) is 0 Å². The molecule has 2 N–H and O–H groups in total. The topological polar surface area (TPSA) is 26.0 Å². The van der Waals surface area contributed by atoms with Crippen LogP contribution in [0.25, 0.3) is 0 Å². The van der Waals surface area contributed by atoms with Gasteiger partial charge in [0.25, 0.3) is 0 Å². The fourth-order valence-corrected chi connectivity index (χ4v) is 15.7. The van der Waals surface area contributed by atoms with Gasteiger partial charge in [0.1, 0.15) is 0 Å². The predicted molar refractivity (Wildman–Crippen MR) is 74.0 cm³/mol. The van der Waals surface area contributed by atoms with Gasteiger partial charge in [-0.15, -0.1) is 0 Å². The van der Waals surface area contributed by atoms with Crippen LogP contribution in [0.4, 0.5) is 0 Å². The molecule has 0 aromatic heterocycles. The molecule has 0 saturated carbocycles. The molecule has 0 unspecified atom stereocenters. The van der Waals surface area contributed by atoms with Crippen LogP contribution in [0.1, 0.15) is 59.3 Å². The normalized spacial score (nSPS) is 12.0. The van der Waals surface area contributed by atoms with Crippen LogP contribution in [-0.4, -0.2) is 22.9 Å². The molecule has 0 saturated heterocycles. The Morgan fingerprint density at radius 3 is 1.27 bits per heavy atom. The minimum atomic E-state index is -1.84. The van der Waals surface area contributed by atoms with Gasteiger partial charge in [-0.1, -0.05) is 0 Å².